The van der Waals surface area contributed by atoms with E-state index in [1.807, 2.05) is 53.4 Å². The zero-order valence-corrected chi connectivity index (χ0v) is 16.5. The summed E-state index contributed by atoms with van der Waals surface area (Å²) in [5.74, 6) is 0.0502. The van der Waals surface area contributed by atoms with Gasteiger partial charge in [-0.2, -0.15) is 0 Å². The van der Waals surface area contributed by atoms with Gasteiger partial charge in [0.05, 0.1) is 11.8 Å². The van der Waals surface area contributed by atoms with Crippen molar-refractivity contribution in [1.82, 2.24) is 4.90 Å². The van der Waals surface area contributed by atoms with Gasteiger partial charge in [0.25, 0.3) is 0 Å². The lowest BCUT2D eigenvalue weighted by Crippen LogP contribution is -2.42. The summed E-state index contributed by atoms with van der Waals surface area (Å²) < 4.78 is 23.8. The Labute approximate surface area is 160 Å². The van der Waals surface area contributed by atoms with Gasteiger partial charge in [0, 0.05) is 17.6 Å². The predicted molar refractivity (Wildman–Crippen MR) is 111 cm³/mol. The number of hydrogen-bond donors (Lipinski definition) is 1. The fourth-order valence-electron chi connectivity index (χ4n) is 2.89. The van der Waals surface area contributed by atoms with Crippen molar-refractivity contribution in [3.8, 4) is 0 Å². The van der Waals surface area contributed by atoms with Gasteiger partial charge in [-0.05, 0) is 61.0 Å². The first kappa shape index (κ1) is 18.6. The lowest BCUT2D eigenvalue weighted by Gasteiger charge is -2.30. The van der Waals surface area contributed by atoms with Crippen LogP contribution in [-0.4, -0.2) is 30.2 Å². The summed E-state index contributed by atoms with van der Waals surface area (Å²) in [7, 11) is -3.16. The molecule has 0 radical (unpaired) electrons. The Balaban J connectivity index is 1.83. The van der Waals surface area contributed by atoms with Crippen LogP contribution in [0.15, 0.2) is 60.0 Å². The monoisotopic (exact) mass is 386 g/mol. The summed E-state index contributed by atoms with van der Waals surface area (Å²) in [4.78, 5) is 1.93. The molecule has 1 N–H and O–H groups in total. The van der Waals surface area contributed by atoms with Crippen LogP contribution in [-0.2, 0) is 16.4 Å². The highest BCUT2D eigenvalue weighted by molar-refractivity contribution is 7.94. The highest BCUT2D eigenvalue weighted by atomic mass is 32.2. The van der Waals surface area contributed by atoms with Gasteiger partial charge in [0.2, 0.25) is 0 Å². The number of hydrogen-bond acceptors (Lipinski definition) is 3. The average molecular weight is 387 g/mol. The SMILES string of the molecule is Cc1ccc(NC(=S)N(Cc2ccccc2)[C@H]2C=CS(=O)(=O)C2)cc1C. The number of rotatable bonds is 4. The number of aryl methyl sites for hydroxylation is 2. The number of nitrogens with zero attached hydrogens (tertiary/aromatic N) is 1. The van der Waals surface area contributed by atoms with Crippen LogP contribution >= 0.6 is 12.2 Å². The van der Waals surface area contributed by atoms with Crippen molar-refractivity contribution >= 4 is 32.9 Å². The zero-order chi connectivity index (χ0) is 18.7. The molecule has 26 heavy (non-hydrogen) atoms. The zero-order valence-electron chi connectivity index (χ0n) is 14.8. The summed E-state index contributed by atoms with van der Waals surface area (Å²) in [6, 6.07) is 15.7. The fourth-order valence-corrected chi connectivity index (χ4v) is 4.50. The lowest BCUT2D eigenvalue weighted by atomic mass is 10.1. The summed E-state index contributed by atoms with van der Waals surface area (Å²) >= 11 is 5.63. The maximum Gasteiger partial charge on any atom is 0.174 e. The molecule has 1 heterocycles. The lowest BCUT2D eigenvalue weighted by molar-refractivity contribution is 0.380. The summed E-state index contributed by atoms with van der Waals surface area (Å²) in [6.45, 7) is 4.66. The molecule has 3 rings (SSSR count). The van der Waals surface area contributed by atoms with Crippen LogP contribution in [0.25, 0.3) is 0 Å². The average Bonchev–Trinajstić information content (AvgIpc) is 2.96. The molecule has 0 bridgehead atoms. The van der Waals surface area contributed by atoms with E-state index in [9.17, 15) is 8.42 Å². The fraction of sp³-hybridized carbons (Fsp3) is 0.250. The second kappa shape index (κ2) is 7.60. The standard InChI is InChI=1S/C20H22N2O2S2/c1-15-8-9-18(12-16(15)2)21-20(25)22(13-17-6-4-3-5-7-17)19-10-11-26(23,24)14-19/h3-12,19H,13-14H2,1-2H3,(H,21,25)/t19-/m0/s1. The highest BCUT2D eigenvalue weighted by Crippen LogP contribution is 2.20. The van der Waals surface area contributed by atoms with Gasteiger partial charge < -0.3 is 10.2 Å². The summed E-state index contributed by atoms with van der Waals surface area (Å²) in [5.41, 5.74) is 4.37. The van der Waals surface area contributed by atoms with E-state index in [4.69, 9.17) is 12.2 Å². The molecule has 0 amide bonds. The van der Waals surface area contributed by atoms with Gasteiger partial charge in [0.15, 0.2) is 14.9 Å². The molecular formula is C20H22N2O2S2. The Hall–Kier alpha value is -2.18. The molecule has 0 aromatic heterocycles. The molecular weight excluding hydrogens is 364 g/mol. The van der Waals surface area contributed by atoms with E-state index in [0.29, 0.717) is 11.7 Å². The second-order valence-corrected chi connectivity index (χ2v) is 8.89. The van der Waals surface area contributed by atoms with E-state index in [1.165, 1.54) is 16.5 Å². The summed E-state index contributed by atoms with van der Waals surface area (Å²) in [6.07, 6.45) is 1.71. The molecule has 1 atom stereocenters. The molecule has 0 spiro atoms. The normalized spacial score (nSPS) is 17.8. The van der Waals surface area contributed by atoms with Crippen molar-refractivity contribution in [2.45, 2.75) is 26.4 Å². The first-order valence-corrected chi connectivity index (χ1v) is 10.6. The molecule has 0 unspecified atom stereocenters. The number of sulfone groups is 1. The van der Waals surface area contributed by atoms with Crippen molar-refractivity contribution in [1.29, 1.82) is 0 Å². The molecule has 136 valence electrons. The number of anilines is 1. The Morgan fingerprint density at radius 3 is 2.50 bits per heavy atom. The molecule has 4 nitrogen and oxygen atoms in total. The van der Waals surface area contributed by atoms with E-state index < -0.39 is 9.84 Å². The van der Waals surface area contributed by atoms with E-state index in [2.05, 4.69) is 19.2 Å². The largest absolute Gasteiger partial charge is 0.337 e. The third-order valence-electron chi connectivity index (χ3n) is 4.53. The molecule has 0 aliphatic carbocycles. The quantitative estimate of drug-likeness (QED) is 0.810. The predicted octanol–water partition coefficient (Wildman–Crippen LogP) is 3.81. The van der Waals surface area contributed by atoms with Gasteiger partial charge in [0.1, 0.15) is 0 Å². The van der Waals surface area contributed by atoms with Crippen molar-refractivity contribution in [3.05, 3.63) is 76.7 Å². The number of benzene rings is 2. The molecule has 1 aliphatic rings. The Morgan fingerprint density at radius 1 is 1.15 bits per heavy atom. The minimum absolute atomic E-state index is 0.0502. The van der Waals surface area contributed by atoms with Gasteiger partial charge >= 0.3 is 0 Å². The van der Waals surface area contributed by atoms with Gasteiger partial charge in [-0.1, -0.05) is 36.4 Å². The maximum absolute atomic E-state index is 11.9. The molecule has 0 fully saturated rings. The van der Waals surface area contributed by atoms with Crippen molar-refractivity contribution in [3.63, 3.8) is 0 Å². The van der Waals surface area contributed by atoms with E-state index in [1.54, 1.807) is 6.08 Å². The van der Waals surface area contributed by atoms with Gasteiger partial charge in [-0.3, -0.25) is 0 Å². The molecule has 2 aromatic rings. The topological polar surface area (TPSA) is 49.4 Å². The van der Waals surface area contributed by atoms with Crippen molar-refractivity contribution in [2.75, 3.05) is 11.1 Å². The van der Waals surface area contributed by atoms with Crippen LogP contribution in [0.3, 0.4) is 0 Å². The van der Waals surface area contributed by atoms with Gasteiger partial charge in [-0.25, -0.2) is 8.42 Å². The van der Waals surface area contributed by atoms with Gasteiger partial charge in [-0.15, -0.1) is 0 Å². The third kappa shape index (κ3) is 4.51. The molecule has 0 saturated heterocycles. The van der Waals surface area contributed by atoms with Crippen LogP contribution in [0.2, 0.25) is 0 Å². The van der Waals surface area contributed by atoms with Crippen molar-refractivity contribution < 1.29 is 8.42 Å². The Bertz CT molecular complexity index is 938. The van der Waals surface area contributed by atoms with Crippen LogP contribution in [0.4, 0.5) is 5.69 Å². The van der Waals surface area contributed by atoms with Crippen LogP contribution in [0.1, 0.15) is 16.7 Å². The van der Waals surface area contributed by atoms with Crippen molar-refractivity contribution in [2.24, 2.45) is 0 Å². The summed E-state index contributed by atoms with van der Waals surface area (Å²) in [5, 5.41) is 5.07. The first-order chi connectivity index (χ1) is 12.3. The van der Waals surface area contributed by atoms with Crippen LogP contribution in [0, 0.1) is 13.8 Å². The minimum Gasteiger partial charge on any atom is -0.337 e. The highest BCUT2D eigenvalue weighted by Gasteiger charge is 2.28. The van der Waals surface area contributed by atoms with E-state index in [0.717, 1.165) is 11.3 Å². The van der Waals surface area contributed by atoms with Crippen LogP contribution in [0.5, 0.6) is 0 Å². The minimum atomic E-state index is -3.16. The second-order valence-electron chi connectivity index (χ2n) is 6.57. The number of thiocarbonyl (C=S) groups is 1. The Kier molecular flexibility index (Phi) is 5.44. The maximum atomic E-state index is 11.9. The van der Waals surface area contributed by atoms with E-state index >= 15 is 0 Å². The van der Waals surface area contributed by atoms with E-state index in [-0.39, 0.29) is 11.8 Å². The number of nitrogens with one attached hydrogen (secondary N) is 1. The molecule has 0 saturated carbocycles. The molecule has 1 aliphatic heterocycles. The Morgan fingerprint density at radius 2 is 1.88 bits per heavy atom. The smallest absolute Gasteiger partial charge is 0.174 e. The molecule has 2 aromatic carbocycles. The first-order valence-electron chi connectivity index (χ1n) is 8.44. The third-order valence-corrected chi connectivity index (χ3v) is 6.24. The van der Waals surface area contributed by atoms with Crippen LogP contribution < -0.4 is 5.32 Å². The molecule has 6 heteroatoms.